The molecule has 0 aliphatic rings. The molecule has 7 heteroatoms. The van der Waals surface area contributed by atoms with Crippen molar-refractivity contribution in [2.75, 3.05) is 27.0 Å². The molecule has 0 aromatic carbocycles. The molecule has 0 aromatic heterocycles. The first kappa shape index (κ1) is 13.6. The Kier molecular flexibility index (Phi) is 5.95. The molecule has 0 saturated carbocycles. The Balaban J connectivity index is 4.41. The van der Waals surface area contributed by atoms with Gasteiger partial charge in [0, 0.05) is 20.8 Å². The fourth-order valence-electron chi connectivity index (χ4n) is 0.942. The first-order valence-electron chi connectivity index (χ1n) is 4.03. The maximum atomic E-state index is 11.6. The zero-order chi connectivity index (χ0) is 11.2. The topological polar surface area (TPSA) is 93.1 Å². The summed E-state index contributed by atoms with van der Waals surface area (Å²) < 4.78 is 20.8. The van der Waals surface area contributed by atoms with Crippen LogP contribution >= 0.6 is 7.60 Å². The van der Waals surface area contributed by atoms with Crippen LogP contribution in [0.15, 0.2) is 0 Å². The van der Waals surface area contributed by atoms with Gasteiger partial charge < -0.3 is 19.3 Å². The molecule has 0 heterocycles. The molecule has 0 bridgehead atoms. The third-order valence-electron chi connectivity index (χ3n) is 1.83. The Morgan fingerprint density at radius 1 is 1.43 bits per heavy atom. The minimum atomic E-state index is -3.31. The average molecular weight is 226 g/mol. The van der Waals surface area contributed by atoms with Crippen molar-refractivity contribution in [1.82, 2.24) is 0 Å². The molecule has 6 nitrogen and oxygen atoms in total. The lowest BCUT2D eigenvalue weighted by Gasteiger charge is -2.17. The summed E-state index contributed by atoms with van der Waals surface area (Å²) in [5.74, 6) is -2.03. The Hall–Kier alpha value is -0.420. The van der Waals surface area contributed by atoms with E-state index in [1.165, 1.54) is 14.2 Å². The number of hydrogen-bond acceptors (Lipinski definition) is 5. The van der Waals surface area contributed by atoms with Gasteiger partial charge in [0.15, 0.2) is 0 Å². The fraction of sp³-hybridized carbons (Fsp3) is 0.857. The van der Waals surface area contributed by atoms with Crippen molar-refractivity contribution in [1.29, 1.82) is 0 Å². The van der Waals surface area contributed by atoms with Crippen LogP contribution in [0, 0.1) is 5.92 Å². The van der Waals surface area contributed by atoms with E-state index < -0.39 is 19.5 Å². The van der Waals surface area contributed by atoms with E-state index >= 15 is 0 Å². The summed E-state index contributed by atoms with van der Waals surface area (Å²) in [6, 6.07) is 0. The van der Waals surface area contributed by atoms with Crippen LogP contribution in [0.2, 0.25) is 0 Å². The second-order valence-corrected chi connectivity index (χ2v) is 5.02. The SMILES string of the molecule is COP(=O)(CC(CCO)C(=O)O)OC. The van der Waals surface area contributed by atoms with Crippen LogP contribution in [0.25, 0.3) is 0 Å². The van der Waals surface area contributed by atoms with E-state index in [9.17, 15) is 9.36 Å². The monoisotopic (exact) mass is 226 g/mol. The zero-order valence-electron chi connectivity index (χ0n) is 8.17. The van der Waals surface area contributed by atoms with E-state index in [1.54, 1.807) is 0 Å². The quantitative estimate of drug-likeness (QED) is 0.616. The Morgan fingerprint density at radius 2 is 1.93 bits per heavy atom. The van der Waals surface area contributed by atoms with Gasteiger partial charge in [-0.3, -0.25) is 9.36 Å². The smallest absolute Gasteiger partial charge is 0.331 e. The molecule has 0 aromatic rings. The molecule has 0 radical (unpaired) electrons. The van der Waals surface area contributed by atoms with Gasteiger partial charge >= 0.3 is 13.6 Å². The van der Waals surface area contributed by atoms with Crippen LogP contribution in [-0.2, 0) is 18.4 Å². The van der Waals surface area contributed by atoms with Gasteiger partial charge in [-0.15, -0.1) is 0 Å². The third-order valence-corrected chi connectivity index (χ3v) is 3.83. The molecule has 0 rings (SSSR count). The highest BCUT2D eigenvalue weighted by atomic mass is 31.2. The normalized spacial score (nSPS) is 13.9. The Morgan fingerprint density at radius 3 is 2.21 bits per heavy atom. The Bertz CT molecular complexity index is 220. The maximum absolute atomic E-state index is 11.6. The summed E-state index contributed by atoms with van der Waals surface area (Å²) in [7, 11) is -0.920. The molecule has 14 heavy (non-hydrogen) atoms. The van der Waals surface area contributed by atoms with Gasteiger partial charge in [-0.2, -0.15) is 0 Å². The van der Waals surface area contributed by atoms with Crippen molar-refractivity contribution in [2.24, 2.45) is 5.92 Å². The van der Waals surface area contributed by atoms with E-state index in [0.717, 1.165) is 0 Å². The van der Waals surface area contributed by atoms with Crippen LogP contribution < -0.4 is 0 Å². The molecule has 0 spiro atoms. The summed E-state index contributed by atoms with van der Waals surface area (Å²) in [6.07, 6.45) is -0.193. The highest BCUT2D eigenvalue weighted by Crippen LogP contribution is 2.48. The molecule has 0 amide bonds. The summed E-state index contributed by atoms with van der Waals surface area (Å²) >= 11 is 0. The van der Waals surface area contributed by atoms with E-state index in [1.807, 2.05) is 0 Å². The molecule has 1 unspecified atom stereocenters. The van der Waals surface area contributed by atoms with Gasteiger partial charge in [0.25, 0.3) is 0 Å². The van der Waals surface area contributed by atoms with Gasteiger partial charge in [-0.25, -0.2) is 0 Å². The second-order valence-electron chi connectivity index (χ2n) is 2.71. The second kappa shape index (κ2) is 6.14. The van der Waals surface area contributed by atoms with Crippen molar-refractivity contribution in [3.8, 4) is 0 Å². The summed E-state index contributed by atoms with van der Waals surface area (Å²) in [5.41, 5.74) is 0. The Labute approximate surface area is 82.4 Å². The molecule has 0 aliphatic carbocycles. The standard InChI is InChI=1S/C7H15O6P/c1-12-14(11,13-2)5-6(3-4-8)7(9)10/h6,8H,3-5H2,1-2H3,(H,9,10). The number of carboxylic acids is 1. The molecule has 1 atom stereocenters. The predicted molar refractivity (Wildman–Crippen MR) is 49.3 cm³/mol. The van der Waals surface area contributed by atoms with Gasteiger partial charge in [0.1, 0.15) is 0 Å². The number of hydrogen-bond donors (Lipinski definition) is 2. The highest BCUT2D eigenvalue weighted by Gasteiger charge is 2.30. The lowest BCUT2D eigenvalue weighted by Crippen LogP contribution is -2.20. The fourth-order valence-corrected chi connectivity index (χ4v) is 2.27. The van der Waals surface area contributed by atoms with Crippen LogP contribution in [0.5, 0.6) is 0 Å². The lowest BCUT2D eigenvalue weighted by atomic mass is 10.1. The van der Waals surface area contributed by atoms with Crippen LogP contribution in [0.1, 0.15) is 6.42 Å². The molecular formula is C7H15O6P. The van der Waals surface area contributed by atoms with E-state index in [0.29, 0.717) is 0 Å². The number of rotatable bonds is 7. The molecule has 2 N–H and O–H groups in total. The van der Waals surface area contributed by atoms with E-state index in [4.69, 9.17) is 10.2 Å². The van der Waals surface area contributed by atoms with Gasteiger partial charge in [-0.1, -0.05) is 0 Å². The zero-order valence-corrected chi connectivity index (χ0v) is 9.07. The van der Waals surface area contributed by atoms with E-state index in [2.05, 4.69) is 9.05 Å². The van der Waals surface area contributed by atoms with Crippen molar-refractivity contribution < 1.29 is 28.6 Å². The third kappa shape index (κ3) is 4.19. The summed E-state index contributed by atoms with van der Waals surface area (Å²) in [4.78, 5) is 10.7. The number of aliphatic hydroxyl groups is 1. The molecule has 0 fully saturated rings. The number of carboxylic acid groups (broad SMARTS) is 1. The first-order valence-corrected chi connectivity index (χ1v) is 5.76. The van der Waals surface area contributed by atoms with Gasteiger partial charge in [0.05, 0.1) is 12.1 Å². The van der Waals surface area contributed by atoms with Crippen molar-refractivity contribution in [3.63, 3.8) is 0 Å². The van der Waals surface area contributed by atoms with Crippen molar-refractivity contribution in [2.45, 2.75) is 6.42 Å². The minimum Gasteiger partial charge on any atom is -0.481 e. The number of aliphatic hydroxyl groups excluding tert-OH is 1. The average Bonchev–Trinajstić information content (AvgIpc) is 2.17. The number of aliphatic carboxylic acids is 1. The minimum absolute atomic E-state index is 0.0338. The predicted octanol–water partition coefficient (Wildman–Crippen LogP) is 0.555. The van der Waals surface area contributed by atoms with Crippen molar-refractivity contribution >= 4 is 13.6 Å². The largest absolute Gasteiger partial charge is 0.481 e. The van der Waals surface area contributed by atoms with Crippen molar-refractivity contribution in [3.05, 3.63) is 0 Å². The number of carbonyl (C=O) groups is 1. The molecule has 0 saturated heterocycles. The highest BCUT2D eigenvalue weighted by molar-refractivity contribution is 7.53. The molecule has 84 valence electrons. The van der Waals surface area contributed by atoms with E-state index in [-0.39, 0.29) is 19.2 Å². The first-order chi connectivity index (χ1) is 6.49. The van der Waals surface area contributed by atoms with Crippen LogP contribution in [-0.4, -0.2) is 43.2 Å². The lowest BCUT2D eigenvalue weighted by molar-refractivity contribution is -0.141. The summed E-state index contributed by atoms with van der Waals surface area (Å²) in [5, 5.41) is 17.3. The molecular weight excluding hydrogens is 211 g/mol. The summed E-state index contributed by atoms with van der Waals surface area (Å²) in [6.45, 7) is -0.273. The van der Waals surface area contributed by atoms with Gasteiger partial charge in [0.2, 0.25) is 0 Å². The van der Waals surface area contributed by atoms with Crippen LogP contribution in [0.3, 0.4) is 0 Å². The van der Waals surface area contributed by atoms with Gasteiger partial charge in [-0.05, 0) is 6.42 Å². The van der Waals surface area contributed by atoms with Crippen LogP contribution in [0.4, 0.5) is 0 Å². The molecule has 0 aliphatic heterocycles. The maximum Gasteiger partial charge on any atom is 0.331 e.